The number of carbonyl (C=O) groups is 3. The van der Waals surface area contributed by atoms with Crippen molar-refractivity contribution < 1.29 is 19.5 Å². The minimum atomic E-state index is -1.48. The van der Waals surface area contributed by atoms with Crippen LogP contribution in [-0.4, -0.2) is 40.4 Å². The minimum Gasteiger partial charge on any atom is -0.381 e. The number of hydrogen-bond donors (Lipinski definition) is 2. The van der Waals surface area contributed by atoms with Crippen molar-refractivity contribution in [2.24, 2.45) is 11.1 Å². The lowest BCUT2D eigenvalue weighted by Gasteiger charge is -2.25. The Bertz CT molecular complexity index is 399. The Morgan fingerprint density at radius 2 is 1.84 bits per heavy atom. The second-order valence-electron chi connectivity index (χ2n) is 5.60. The first-order chi connectivity index (χ1) is 8.96. The zero-order valence-corrected chi connectivity index (χ0v) is 10.9. The molecular weight excluding hydrogens is 248 g/mol. The molecule has 1 spiro atoms. The number of aliphatic hydroxyl groups excluding tert-OH is 1. The highest BCUT2D eigenvalue weighted by atomic mass is 16.3. The Morgan fingerprint density at radius 1 is 1.26 bits per heavy atom. The number of imide groups is 1. The molecule has 1 unspecified atom stereocenters. The lowest BCUT2D eigenvalue weighted by Crippen LogP contribution is -2.44. The van der Waals surface area contributed by atoms with E-state index in [1.54, 1.807) is 0 Å². The number of aliphatic hydroxyl groups is 1. The fourth-order valence-electron chi connectivity index (χ4n) is 3.10. The van der Waals surface area contributed by atoms with Gasteiger partial charge in [-0.3, -0.25) is 19.3 Å². The molecule has 1 saturated heterocycles. The number of nitrogens with zero attached hydrogens (tertiary/aromatic N) is 1. The molecule has 0 aromatic rings. The topological polar surface area (TPSA) is 101 Å². The number of likely N-dealkylation sites (tertiary alicyclic amines) is 1. The van der Waals surface area contributed by atoms with Gasteiger partial charge in [-0.15, -0.1) is 0 Å². The second-order valence-corrected chi connectivity index (χ2v) is 5.60. The van der Waals surface area contributed by atoms with Crippen molar-refractivity contribution >= 4 is 17.7 Å². The third kappa shape index (κ3) is 2.63. The summed E-state index contributed by atoms with van der Waals surface area (Å²) < 4.78 is 0. The molecule has 0 radical (unpaired) electrons. The molecule has 1 atom stereocenters. The third-order valence-electron chi connectivity index (χ3n) is 4.23. The van der Waals surface area contributed by atoms with Gasteiger partial charge in [-0.25, -0.2) is 0 Å². The van der Waals surface area contributed by atoms with E-state index in [0.29, 0.717) is 0 Å². The van der Waals surface area contributed by atoms with Gasteiger partial charge in [-0.1, -0.05) is 25.7 Å². The SMILES string of the molecule is NC(=O)C(O)CN1C(=O)CC2(CCCCCC2)C1=O. The first-order valence-corrected chi connectivity index (χ1v) is 6.78. The molecule has 19 heavy (non-hydrogen) atoms. The molecule has 0 aromatic carbocycles. The Kier molecular flexibility index (Phi) is 3.89. The summed E-state index contributed by atoms with van der Waals surface area (Å²) in [6.45, 7) is -0.311. The summed E-state index contributed by atoms with van der Waals surface area (Å²) in [5.41, 5.74) is 4.37. The summed E-state index contributed by atoms with van der Waals surface area (Å²) in [6, 6.07) is 0. The molecule has 2 aliphatic rings. The summed E-state index contributed by atoms with van der Waals surface area (Å²) >= 11 is 0. The van der Waals surface area contributed by atoms with Gasteiger partial charge in [-0.2, -0.15) is 0 Å². The summed E-state index contributed by atoms with van der Waals surface area (Å²) in [4.78, 5) is 36.3. The predicted molar refractivity (Wildman–Crippen MR) is 66.7 cm³/mol. The first kappa shape index (κ1) is 14.0. The van der Waals surface area contributed by atoms with Crippen molar-refractivity contribution in [3.63, 3.8) is 0 Å². The largest absolute Gasteiger partial charge is 0.381 e. The fourth-order valence-corrected chi connectivity index (χ4v) is 3.10. The van der Waals surface area contributed by atoms with Crippen LogP contribution >= 0.6 is 0 Å². The Hall–Kier alpha value is -1.43. The number of primary amides is 1. The summed E-state index contributed by atoms with van der Waals surface area (Å²) in [5, 5.41) is 9.44. The quantitative estimate of drug-likeness (QED) is 0.700. The number of amides is 3. The summed E-state index contributed by atoms with van der Waals surface area (Å²) in [6.07, 6.45) is 4.25. The zero-order valence-electron chi connectivity index (χ0n) is 10.9. The number of nitrogens with two attached hydrogens (primary N) is 1. The molecule has 106 valence electrons. The van der Waals surface area contributed by atoms with E-state index >= 15 is 0 Å². The van der Waals surface area contributed by atoms with Gasteiger partial charge in [0.1, 0.15) is 0 Å². The van der Waals surface area contributed by atoms with Crippen LogP contribution in [0, 0.1) is 5.41 Å². The average molecular weight is 268 g/mol. The molecule has 3 N–H and O–H groups in total. The van der Waals surface area contributed by atoms with Gasteiger partial charge in [0.25, 0.3) is 0 Å². The van der Waals surface area contributed by atoms with Crippen molar-refractivity contribution in [2.75, 3.05) is 6.54 Å². The minimum absolute atomic E-state index is 0.206. The van der Waals surface area contributed by atoms with Gasteiger partial charge < -0.3 is 10.8 Å². The molecule has 1 aliphatic carbocycles. The van der Waals surface area contributed by atoms with Crippen LogP contribution in [0.15, 0.2) is 0 Å². The van der Waals surface area contributed by atoms with Crippen LogP contribution in [-0.2, 0) is 14.4 Å². The van der Waals surface area contributed by atoms with E-state index in [4.69, 9.17) is 5.73 Å². The van der Waals surface area contributed by atoms with Crippen LogP contribution in [0.1, 0.15) is 44.9 Å². The van der Waals surface area contributed by atoms with Gasteiger partial charge in [0, 0.05) is 6.42 Å². The highest BCUT2D eigenvalue weighted by Crippen LogP contribution is 2.44. The molecule has 0 aromatic heterocycles. The smallest absolute Gasteiger partial charge is 0.248 e. The average Bonchev–Trinajstić information content (AvgIpc) is 2.56. The lowest BCUT2D eigenvalue weighted by atomic mass is 9.79. The van der Waals surface area contributed by atoms with Gasteiger partial charge >= 0.3 is 0 Å². The maximum atomic E-state index is 12.4. The first-order valence-electron chi connectivity index (χ1n) is 6.78. The van der Waals surface area contributed by atoms with Crippen LogP contribution in [0.3, 0.4) is 0 Å². The molecular formula is C13H20N2O4. The number of carbonyl (C=O) groups excluding carboxylic acids is 3. The molecule has 6 nitrogen and oxygen atoms in total. The van der Waals surface area contributed by atoms with E-state index in [2.05, 4.69) is 0 Å². The van der Waals surface area contributed by atoms with Gasteiger partial charge in [0.05, 0.1) is 12.0 Å². The maximum absolute atomic E-state index is 12.4. The number of β-amino-alcohol motifs (C(OH)–C–C–N with tert-alkyl or cyclic N) is 1. The van der Waals surface area contributed by atoms with E-state index in [1.807, 2.05) is 0 Å². The van der Waals surface area contributed by atoms with Crippen molar-refractivity contribution in [1.82, 2.24) is 4.90 Å². The highest BCUT2D eigenvalue weighted by Gasteiger charge is 2.51. The summed E-state index contributed by atoms with van der Waals surface area (Å²) in [5.74, 6) is -1.45. The molecule has 3 amide bonds. The van der Waals surface area contributed by atoms with Gasteiger partial charge in [0.15, 0.2) is 6.10 Å². The highest BCUT2D eigenvalue weighted by molar-refractivity contribution is 6.06. The van der Waals surface area contributed by atoms with Crippen LogP contribution in [0.4, 0.5) is 0 Å². The standard InChI is InChI=1S/C13H20N2O4/c14-11(18)9(16)8-15-10(17)7-13(12(15)19)5-3-1-2-4-6-13/h9,16H,1-8H2,(H2,14,18). The van der Waals surface area contributed by atoms with Crippen LogP contribution in [0.5, 0.6) is 0 Å². The molecule has 2 fully saturated rings. The third-order valence-corrected chi connectivity index (χ3v) is 4.23. The molecule has 0 bridgehead atoms. The van der Waals surface area contributed by atoms with E-state index in [-0.39, 0.29) is 24.8 Å². The maximum Gasteiger partial charge on any atom is 0.248 e. The van der Waals surface area contributed by atoms with Crippen LogP contribution < -0.4 is 5.73 Å². The van der Waals surface area contributed by atoms with Crippen molar-refractivity contribution in [3.05, 3.63) is 0 Å². The number of rotatable bonds is 3. The Balaban J connectivity index is 2.13. The van der Waals surface area contributed by atoms with Gasteiger partial charge in [-0.05, 0) is 12.8 Å². The molecule has 2 rings (SSSR count). The Labute approximate surface area is 111 Å². The fraction of sp³-hybridized carbons (Fsp3) is 0.769. The normalized spacial score (nSPS) is 24.6. The number of hydrogen-bond acceptors (Lipinski definition) is 4. The van der Waals surface area contributed by atoms with Crippen molar-refractivity contribution in [2.45, 2.75) is 51.0 Å². The van der Waals surface area contributed by atoms with Gasteiger partial charge in [0.2, 0.25) is 17.7 Å². The lowest BCUT2D eigenvalue weighted by molar-refractivity contribution is -0.144. The second kappa shape index (κ2) is 5.28. The Morgan fingerprint density at radius 3 is 2.37 bits per heavy atom. The molecule has 1 aliphatic heterocycles. The van der Waals surface area contributed by atoms with Crippen LogP contribution in [0.25, 0.3) is 0 Å². The van der Waals surface area contributed by atoms with Crippen molar-refractivity contribution in [3.8, 4) is 0 Å². The zero-order chi connectivity index (χ0) is 14.0. The van der Waals surface area contributed by atoms with Crippen LogP contribution in [0.2, 0.25) is 0 Å². The summed E-state index contributed by atoms with van der Waals surface area (Å²) in [7, 11) is 0. The monoisotopic (exact) mass is 268 g/mol. The van der Waals surface area contributed by atoms with E-state index < -0.39 is 17.4 Å². The molecule has 6 heteroatoms. The van der Waals surface area contributed by atoms with E-state index in [1.165, 1.54) is 0 Å². The van der Waals surface area contributed by atoms with E-state index in [0.717, 1.165) is 43.4 Å². The predicted octanol–water partition coefficient (Wildman–Crippen LogP) is -0.0679. The molecule has 1 heterocycles. The molecule has 1 saturated carbocycles. The van der Waals surface area contributed by atoms with E-state index in [9.17, 15) is 19.5 Å². The van der Waals surface area contributed by atoms with Crippen molar-refractivity contribution in [1.29, 1.82) is 0 Å².